The summed E-state index contributed by atoms with van der Waals surface area (Å²) in [7, 11) is 0. The molecule has 3 rings (SSSR count). The molecule has 102 valence electrons. The van der Waals surface area contributed by atoms with Gasteiger partial charge in [-0.3, -0.25) is 10.1 Å². The molecule has 0 spiro atoms. The molecule has 0 bridgehead atoms. The van der Waals surface area contributed by atoms with Crippen molar-refractivity contribution in [3.8, 4) is 5.75 Å². The maximum atomic E-state index is 11.1. The molecule has 0 saturated carbocycles. The van der Waals surface area contributed by atoms with Crippen molar-refractivity contribution < 1.29 is 9.66 Å². The molecule has 1 unspecified atom stereocenters. The van der Waals surface area contributed by atoms with E-state index < -0.39 is 4.92 Å². The van der Waals surface area contributed by atoms with Crippen molar-refractivity contribution in [2.45, 2.75) is 6.04 Å². The van der Waals surface area contributed by atoms with Crippen LogP contribution in [-0.2, 0) is 0 Å². The molecule has 1 atom stereocenters. The van der Waals surface area contributed by atoms with E-state index in [1.165, 1.54) is 6.07 Å². The Hall–Kier alpha value is -2.76. The number of nitrogens with one attached hydrogen (secondary N) is 1. The van der Waals surface area contributed by atoms with Gasteiger partial charge in [-0.1, -0.05) is 24.3 Å². The molecule has 6 heteroatoms. The van der Waals surface area contributed by atoms with Gasteiger partial charge in [-0.2, -0.15) is 0 Å². The lowest BCUT2D eigenvalue weighted by molar-refractivity contribution is -0.383. The zero-order valence-electron chi connectivity index (χ0n) is 10.6. The van der Waals surface area contributed by atoms with E-state index in [2.05, 4.69) is 5.32 Å². The van der Waals surface area contributed by atoms with Crippen molar-refractivity contribution in [3.63, 3.8) is 0 Å². The average molecular weight is 271 g/mol. The van der Waals surface area contributed by atoms with Crippen LogP contribution in [0.15, 0.2) is 42.5 Å². The minimum absolute atomic E-state index is 0.100. The van der Waals surface area contributed by atoms with E-state index in [0.29, 0.717) is 12.3 Å². The van der Waals surface area contributed by atoms with E-state index in [1.807, 2.05) is 24.3 Å². The highest BCUT2D eigenvalue weighted by Crippen LogP contribution is 2.37. The average Bonchev–Trinajstić information content (AvgIpc) is 2.82. The maximum Gasteiger partial charge on any atom is 0.314 e. The number of rotatable bonds is 3. The Morgan fingerprint density at radius 3 is 2.85 bits per heavy atom. The number of nitrogens with zero attached hydrogens (tertiary/aromatic N) is 1. The summed E-state index contributed by atoms with van der Waals surface area (Å²) in [5.74, 6) is 0.802. The first-order valence-corrected chi connectivity index (χ1v) is 6.18. The first-order chi connectivity index (χ1) is 9.66. The van der Waals surface area contributed by atoms with Crippen LogP contribution in [0.2, 0.25) is 0 Å². The van der Waals surface area contributed by atoms with E-state index in [9.17, 15) is 10.1 Å². The van der Waals surface area contributed by atoms with E-state index in [0.717, 1.165) is 11.3 Å². The van der Waals surface area contributed by atoms with Crippen LogP contribution in [0, 0.1) is 10.1 Å². The van der Waals surface area contributed by atoms with Gasteiger partial charge in [-0.15, -0.1) is 0 Å². The summed E-state index contributed by atoms with van der Waals surface area (Å²) < 4.78 is 5.55. The fourth-order valence-corrected chi connectivity index (χ4v) is 2.35. The maximum absolute atomic E-state index is 11.1. The third kappa shape index (κ3) is 2.01. The molecule has 3 N–H and O–H groups in total. The first-order valence-electron chi connectivity index (χ1n) is 6.18. The zero-order valence-corrected chi connectivity index (χ0v) is 10.6. The van der Waals surface area contributed by atoms with Gasteiger partial charge >= 0.3 is 5.69 Å². The van der Waals surface area contributed by atoms with Crippen molar-refractivity contribution >= 4 is 17.1 Å². The third-order valence-corrected chi connectivity index (χ3v) is 3.28. The second kappa shape index (κ2) is 4.73. The van der Waals surface area contributed by atoms with E-state index in [1.54, 1.807) is 12.1 Å². The highest BCUT2D eigenvalue weighted by Gasteiger charge is 2.26. The van der Waals surface area contributed by atoms with Gasteiger partial charge in [0.05, 0.1) is 11.0 Å². The van der Waals surface area contributed by atoms with E-state index >= 15 is 0 Å². The Labute approximate surface area is 115 Å². The highest BCUT2D eigenvalue weighted by atomic mass is 16.6. The fraction of sp³-hybridized carbons (Fsp3) is 0.143. The number of hydrogen-bond donors (Lipinski definition) is 2. The van der Waals surface area contributed by atoms with Gasteiger partial charge in [0.2, 0.25) is 0 Å². The number of nitro benzene ring substituents is 1. The molecule has 1 aliphatic rings. The zero-order chi connectivity index (χ0) is 14.1. The summed E-state index contributed by atoms with van der Waals surface area (Å²) in [4.78, 5) is 10.6. The lowest BCUT2D eigenvalue weighted by atomic mass is 10.1. The van der Waals surface area contributed by atoms with Crippen molar-refractivity contribution in [1.29, 1.82) is 0 Å². The molecule has 0 aliphatic carbocycles. The molecule has 0 fully saturated rings. The molecule has 0 amide bonds. The number of benzene rings is 2. The van der Waals surface area contributed by atoms with Crippen molar-refractivity contribution in [2.75, 3.05) is 17.7 Å². The van der Waals surface area contributed by atoms with Crippen molar-refractivity contribution in [3.05, 3.63) is 58.1 Å². The summed E-state index contributed by atoms with van der Waals surface area (Å²) in [5, 5.41) is 14.3. The molecule has 6 nitrogen and oxygen atoms in total. The number of nitrogen functional groups attached to an aromatic ring is 1. The molecular formula is C14H13N3O3. The quantitative estimate of drug-likeness (QED) is 0.509. The minimum Gasteiger partial charge on any atom is -0.491 e. The second-order valence-electron chi connectivity index (χ2n) is 4.55. The van der Waals surface area contributed by atoms with Crippen LogP contribution < -0.4 is 15.8 Å². The summed E-state index contributed by atoms with van der Waals surface area (Å²) in [6.45, 7) is 0.436. The smallest absolute Gasteiger partial charge is 0.314 e. The summed E-state index contributed by atoms with van der Waals surface area (Å²) in [6, 6.07) is 12.4. The third-order valence-electron chi connectivity index (χ3n) is 3.28. The normalized spacial score (nSPS) is 16.3. The number of ether oxygens (including phenoxy) is 1. The summed E-state index contributed by atoms with van der Waals surface area (Å²) in [6.07, 6.45) is 0. The largest absolute Gasteiger partial charge is 0.491 e. The lowest BCUT2D eigenvalue weighted by Crippen LogP contribution is -2.13. The summed E-state index contributed by atoms with van der Waals surface area (Å²) >= 11 is 0. The van der Waals surface area contributed by atoms with Gasteiger partial charge < -0.3 is 15.8 Å². The highest BCUT2D eigenvalue weighted by molar-refractivity contribution is 5.75. The summed E-state index contributed by atoms with van der Waals surface area (Å²) in [5.41, 5.74) is 7.12. The Morgan fingerprint density at radius 2 is 2.05 bits per heavy atom. The van der Waals surface area contributed by atoms with Gasteiger partial charge in [0.1, 0.15) is 23.7 Å². The van der Waals surface area contributed by atoms with Crippen molar-refractivity contribution in [1.82, 2.24) is 0 Å². The number of fused-ring (bicyclic) bond motifs is 1. The number of nitro groups is 1. The standard InChI is InChI=1S/C14H13N3O3/c15-10-5-3-6-11(14(10)17(18)19)16-12-8-20-13-7-2-1-4-9(12)13/h1-7,12,16H,8,15H2. The first kappa shape index (κ1) is 12.3. The number of para-hydroxylation sites is 2. The van der Waals surface area contributed by atoms with Crippen LogP contribution in [0.3, 0.4) is 0 Å². The van der Waals surface area contributed by atoms with Gasteiger partial charge in [0.15, 0.2) is 0 Å². The van der Waals surface area contributed by atoms with Crippen LogP contribution in [-0.4, -0.2) is 11.5 Å². The molecule has 2 aromatic rings. The molecule has 1 heterocycles. The van der Waals surface area contributed by atoms with E-state index in [4.69, 9.17) is 10.5 Å². The molecule has 1 aliphatic heterocycles. The van der Waals surface area contributed by atoms with Crippen molar-refractivity contribution in [2.24, 2.45) is 0 Å². The Morgan fingerprint density at radius 1 is 1.25 bits per heavy atom. The predicted octanol–water partition coefficient (Wildman–Crippen LogP) is 2.72. The van der Waals surface area contributed by atoms with Gasteiger partial charge in [-0.05, 0) is 18.2 Å². The van der Waals surface area contributed by atoms with Gasteiger partial charge in [0, 0.05) is 5.56 Å². The molecule has 2 aromatic carbocycles. The topological polar surface area (TPSA) is 90.4 Å². The number of hydrogen-bond acceptors (Lipinski definition) is 5. The molecule has 0 saturated heterocycles. The number of anilines is 2. The minimum atomic E-state index is -0.473. The predicted molar refractivity (Wildman–Crippen MR) is 75.8 cm³/mol. The Bertz CT molecular complexity index is 672. The number of nitrogens with two attached hydrogens (primary N) is 1. The monoisotopic (exact) mass is 271 g/mol. The van der Waals surface area contributed by atoms with Crippen LogP contribution in [0.4, 0.5) is 17.1 Å². The van der Waals surface area contributed by atoms with Crippen LogP contribution in [0.1, 0.15) is 11.6 Å². The van der Waals surface area contributed by atoms with Crippen LogP contribution >= 0.6 is 0 Å². The molecule has 0 radical (unpaired) electrons. The Kier molecular flexibility index (Phi) is 2.90. The second-order valence-corrected chi connectivity index (χ2v) is 4.55. The molecular weight excluding hydrogens is 258 g/mol. The van der Waals surface area contributed by atoms with Crippen LogP contribution in [0.25, 0.3) is 0 Å². The SMILES string of the molecule is Nc1cccc(NC2COc3ccccc32)c1[N+](=O)[O-]. The molecule has 0 aromatic heterocycles. The Balaban J connectivity index is 1.94. The van der Waals surface area contributed by atoms with Crippen LogP contribution in [0.5, 0.6) is 5.75 Å². The van der Waals surface area contributed by atoms with Gasteiger partial charge in [0.25, 0.3) is 0 Å². The fourth-order valence-electron chi connectivity index (χ4n) is 2.35. The van der Waals surface area contributed by atoms with Gasteiger partial charge in [-0.25, -0.2) is 0 Å². The molecule has 20 heavy (non-hydrogen) atoms. The lowest BCUT2D eigenvalue weighted by Gasteiger charge is -2.14. The van der Waals surface area contributed by atoms with E-state index in [-0.39, 0.29) is 17.4 Å².